The minimum atomic E-state index is -0.353. The van der Waals surface area contributed by atoms with Gasteiger partial charge in [-0.3, -0.25) is 0 Å². The Hall–Kier alpha value is -1.57. The molecule has 108 valence electrons. The molecule has 1 unspecified atom stereocenters. The van der Waals surface area contributed by atoms with Gasteiger partial charge >= 0.3 is 0 Å². The average Bonchev–Trinajstić information content (AvgIpc) is 2.96. The lowest BCUT2D eigenvalue weighted by Crippen LogP contribution is -2.08. The Morgan fingerprint density at radius 2 is 2.35 bits per heavy atom. The average molecular weight is 278 g/mol. The highest BCUT2D eigenvalue weighted by atomic mass is 19.1. The van der Waals surface area contributed by atoms with Crippen molar-refractivity contribution in [2.24, 2.45) is 0 Å². The van der Waals surface area contributed by atoms with E-state index in [1.54, 1.807) is 6.07 Å². The van der Waals surface area contributed by atoms with Crippen molar-refractivity contribution >= 4 is 0 Å². The molecule has 1 fully saturated rings. The van der Waals surface area contributed by atoms with E-state index in [1.807, 2.05) is 0 Å². The molecule has 0 radical (unpaired) electrons. The molecule has 0 spiro atoms. The summed E-state index contributed by atoms with van der Waals surface area (Å²) in [5.41, 5.74) is 0.595. The fourth-order valence-corrected chi connectivity index (χ4v) is 2.22. The number of benzene rings is 1. The second-order valence-corrected chi connectivity index (χ2v) is 4.73. The van der Waals surface area contributed by atoms with E-state index in [0.717, 1.165) is 32.3 Å². The Labute approximate surface area is 118 Å². The molecule has 1 aromatic rings. The first kappa shape index (κ1) is 14.8. The maximum Gasteiger partial charge on any atom is 0.137 e. The van der Waals surface area contributed by atoms with Crippen LogP contribution in [0.1, 0.15) is 31.2 Å². The lowest BCUT2D eigenvalue weighted by Gasteiger charge is -2.11. The van der Waals surface area contributed by atoms with E-state index in [1.165, 1.54) is 12.1 Å². The quantitative estimate of drug-likeness (QED) is 0.664. The third-order valence-electron chi connectivity index (χ3n) is 3.20. The summed E-state index contributed by atoms with van der Waals surface area (Å²) in [5, 5.41) is 8.71. The lowest BCUT2D eigenvalue weighted by atomic mass is 10.1. The van der Waals surface area contributed by atoms with Gasteiger partial charge in [0, 0.05) is 12.7 Å². The Bertz CT molecular complexity index is 484. The summed E-state index contributed by atoms with van der Waals surface area (Å²) >= 11 is 0. The molecule has 0 saturated carbocycles. The molecule has 4 heteroatoms. The summed E-state index contributed by atoms with van der Waals surface area (Å²) in [6, 6.07) is 4.22. The highest BCUT2D eigenvalue weighted by Crippen LogP contribution is 2.21. The third kappa shape index (κ3) is 4.52. The number of hydrogen-bond donors (Lipinski definition) is 1. The highest BCUT2D eigenvalue weighted by molar-refractivity contribution is 5.46. The molecule has 0 amide bonds. The summed E-state index contributed by atoms with van der Waals surface area (Å²) < 4.78 is 24.4. The first-order valence-corrected chi connectivity index (χ1v) is 6.93. The van der Waals surface area contributed by atoms with Gasteiger partial charge in [-0.2, -0.15) is 0 Å². The van der Waals surface area contributed by atoms with Gasteiger partial charge in [0.15, 0.2) is 0 Å². The van der Waals surface area contributed by atoms with E-state index in [2.05, 4.69) is 11.8 Å². The van der Waals surface area contributed by atoms with Crippen LogP contribution in [0.15, 0.2) is 18.2 Å². The Morgan fingerprint density at radius 1 is 1.45 bits per heavy atom. The van der Waals surface area contributed by atoms with Crippen LogP contribution in [-0.2, 0) is 4.74 Å². The summed E-state index contributed by atoms with van der Waals surface area (Å²) in [5.74, 6) is 5.37. The van der Waals surface area contributed by atoms with Crippen LogP contribution < -0.4 is 4.74 Å². The maximum absolute atomic E-state index is 13.2. The molecular weight excluding hydrogens is 259 g/mol. The van der Waals surface area contributed by atoms with Crippen molar-refractivity contribution < 1.29 is 19.0 Å². The largest absolute Gasteiger partial charge is 0.492 e. The topological polar surface area (TPSA) is 38.7 Å². The number of rotatable bonds is 5. The summed E-state index contributed by atoms with van der Waals surface area (Å²) in [6.45, 7) is 1.14. The Kier molecular flexibility index (Phi) is 5.85. The molecule has 1 aliphatic rings. The van der Waals surface area contributed by atoms with E-state index in [9.17, 15) is 4.39 Å². The van der Waals surface area contributed by atoms with E-state index in [0.29, 0.717) is 24.0 Å². The molecule has 1 N–H and O–H groups in total. The minimum absolute atomic E-state index is 0.226. The lowest BCUT2D eigenvalue weighted by molar-refractivity contribution is 0.0981. The van der Waals surface area contributed by atoms with Crippen molar-refractivity contribution in [1.82, 2.24) is 0 Å². The first-order valence-electron chi connectivity index (χ1n) is 6.93. The van der Waals surface area contributed by atoms with E-state index >= 15 is 0 Å². The SMILES string of the molecule is OCC#Cc1ccc(F)cc1OCCCC1CCCO1. The van der Waals surface area contributed by atoms with Gasteiger partial charge in [-0.05, 0) is 37.8 Å². The number of hydrogen-bond acceptors (Lipinski definition) is 3. The van der Waals surface area contributed by atoms with Crippen LogP contribution in [0.4, 0.5) is 4.39 Å². The van der Waals surface area contributed by atoms with Gasteiger partial charge in [0.25, 0.3) is 0 Å². The van der Waals surface area contributed by atoms with Crippen molar-refractivity contribution in [3.63, 3.8) is 0 Å². The van der Waals surface area contributed by atoms with Gasteiger partial charge in [0.1, 0.15) is 18.2 Å². The number of ether oxygens (including phenoxy) is 2. The van der Waals surface area contributed by atoms with Crippen LogP contribution in [0.2, 0.25) is 0 Å². The highest BCUT2D eigenvalue weighted by Gasteiger charge is 2.14. The van der Waals surface area contributed by atoms with Crippen LogP contribution in [-0.4, -0.2) is 31.0 Å². The van der Waals surface area contributed by atoms with Crippen molar-refractivity contribution in [1.29, 1.82) is 0 Å². The van der Waals surface area contributed by atoms with Gasteiger partial charge in [-0.15, -0.1) is 0 Å². The zero-order valence-electron chi connectivity index (χ0n) is 11.4. The maximum atomic E-state index is 13.2. The van der Waals surface area contributed by atoms with E-state index < -0.39 is 0 Å². The fourth-order valence-electron chi connectivity index (χ4n) is 2.22. The van der Waals surface area contributed by atoms with Crippen molar-refractivity contribution in [2.45, 2.75) is 31.8 Å². The molecule has 1 heterocycles. The first-order chi connectivity index (χ1) is 9.79. The fraction of sp³-hybridized carbons (Fsp3) is 0.500. The normalized spacial score (nSPS) is 17.6. The van der Waals surface area contributed by atoms with Crippen molar-refractivity contribution in [2.75, 3.05) is 19.8 Å². The zero-order valence-corrected chi connectivity index (χ0v) is 11.4. The van der Waals surface area contributed by atoms with Crippen LogP contribution in [0.5, 0.6) is 5.75 Å². The molecular formula is C16H19FO3. The number of aliphatic hydroxyl groups excluding tert-OH is 1. The molecule has 1 aromatic carbocycles. The summed E-state index contributed by atoms with van der Waals surface area (Å²) in [4.78, 5) is 0. The number of aliphatic hydroxyl groups is 1. The smallest absolute Gasteiger partial charge is 0.137 e. The molecule has 3 nitrogen and oxygen atoms in total. The molecule has 2 rings (SSSR count). The van der Waals surface area contributed by atoms with Crippen molar-refractivity contribution in [3.8, 4) is 17.6 Å². The predicted molar refractivity (Wildman–Crippen MR) is 74.1 cm³/mol. The second-order valence-electron chi connectivity index (χ2n) is 4.73. The van der Waals surface area contributed by atoms with Crippen LogP contribution >= 0.6 is 0 Å². The number of halogens is 1. The van der Waals surface area contributed by atoms with Crippen LogP contribution in [0.25, 0.3) is 0 Å². The third-order valence-corrected chi connectivity index (χ3v) is 3.20. The van der Waals surface area contributed by atoms with Gasteiger partial charge in [0.05, 0.1) is 18.3 Å². The van der Waals surface area contributed by atoms with Gasteiger partial charge in [-0.25, -0.2) is 4.39 Å². The molecule has 1 saturated heterocycles. The zero-order chi connectivity index (χ0) is 14.2. The van der Waals surface area contributed by atoms with Gasteiger partial charge < -0.3 is 14.6 Å². The van der Waals surface area contributed by atoms with Gasteiger partial charge in [-0.1, -0.05) is 11.8 Å². The molecule has 0 aromatic heterocycles. The van der Waals surface area contributed by atoms with Gasteiger partial charge in [0.2, 0.25) is 0 Å². The Morgan fingerprint density at radius 3 is 3.10 bits per heavy atom. The van der Waals surface area contributed by atoms with E-state index in [4.69, 9.17) is 14.6 Å². The summed E-state index contributed by atoms with van der Waals surface area (Å²) in [6.07, 6.45) is 4.43. The second kappa shape index (κ2) is 7.88. The predicted octanol–water partition coefficient (Wildman–Crippen LogP) is 2.51. The molecule has 0 aliphatic carbocycles. The minimum Gasteiger partial charge on any atom is -0.492 e. The van der Waals surface area contributed by atoms with E-state index in [-0.39, 0.29) is 12.4 Å². The molecule has 0 bridgehead atoms. The standard InChI is InChI=1S/C16H19FO3/c17-14-8-7-13(4-1-9-18)16(12-14)20-11-3-6-15-5-2-10-19-15/h7-8,12,15,18H,2-3,5-6,9-11H2. The molecule has 1 aliphatic heterocycles. The van der Waals surface area contributed by atoms with Crippen LogP contribution in [0.3, 0.4) is 0 Å². The van der Waals surface area contributed by atoms with Crippen molar-refractivity contribution in [3.05, 3.63) is 29.6 Å². The molecule has 1 atom stereocenters. The van der Waals surface area contributed by atoms with Crippen LogP contribution in [0, 0.1) is 17.7 Å². The summed E-state index contributed by atoms with van der Waals surface area (Å²) in [7, 11) is 0. The Balaban J connectivity index is 1.85. The molecule has 20 heavy (non-hydrogen) atoms. The monoisotopic (exact) mass is 278 g/mol.